The average molecular weight is 340 g/mol. The van der Waals surface area contributed by atoms with E-state index in [9.17, 15) is 9.90 Å². The zero-order chi connectivity index (χ0) is 11.4. The van der Waals surface area contributed by atoms with Gasteiger partial charge in [-0.05, 0) is 44.0 Å². The van der Waals surface area contributed by atoms with Gasteiger partial charge in [-0.1, -0.05) is 0 Å². The smallest absolute Gasteiger partial charge is 0.343 e. The summed E-state index contributed by atoms with van der Waals surface area (Å²) in [6.07, 6.45) is 0. The summed E-state index contributed by atoms with van der Waals surface area (Å²) < 4.78 is 10.5. The molecule has 0 fully saturated rings. The molecule has 1 aromatic carbocycles. The Morgan fingerprint density at radius 2 is 1.93 bits per heavy atom. The largest absolute Gasteiger partial charge is 0.506 e. The minimum absolute atomic E-state index is 0.0837. The van der Waals surface area contributed by atoms with Crippen molar-refractivity contribution in [3.8, 4) is 11.5 Å². The molecular formula is C9H8Br2O4. The standard InChI is InChI=1S/C9H8Br2O4/c1-14-8(12)4-15-5-2-6(10)9(13)7(11)3-5/h2-3,13H,4H2,1H3. The third kappa shape index (κ3) is 3.39. The zero-order valence-electron chi connectivity index (χ0n) is 7.79. The van der Waals surface area contributed by atoms with E-state index in [1.165, 1.54) is 7.11 Å². The first-order valence-electron chi connectivity index (χ1n) is 3.92. The van der Waals surface area contributed by atoms with Crippen LogP contribution in [0.15, 0.2) is 21.1 Å². The Balaban J connectivity index is 2.75. The van der Waals surface area contributed by atoms with E-state index in [4.69, 9.17) is 4.74 Å². The van der Waals surface area contributed by atoms with Crippen LogP contribution in [0.3, 0.4) is 0 Å². The molecule has 0 radical (unpaired) electrons. The number of benzene rings is 1. The Morgan fingerprint density at radius 3 is 2.40 bits per heavy atom. The highest BCUT2D eigenvalue weighted by Gasteiger charge is 2.08. The van der Waals surface area contributed by atoms with Crippen molar-refractivity contribution in [2.45, 2.75) is 0 Å². The van der Waals surface area contributed by atoms with Gasteiger partial charge in [0.25, 0.3) is 0 Å². The van der Waals surface area contributed by atoms with Crippen LogP contribution in [0.5, 0.6) is 11.5 Å². The highest BCUT2D eigenvalue weighted by molar-refractivity contribution is 9.11. The summed E-state index contributed by atoms with van der Waals surface area (Å²) in [5.41, 5.74) is 0. The molecule has 0 aliphatic rings. The van der Waals surface area contributed by atoms with Gasteiger partial charge in [-0.15, -0.1) is 0 Å². The van der Waals surface area contributed by atoms with Gasteiger partial charge < -0.3 is 14.6 Å². The number of rotatable bonds is 3. The lowest BCUT2D eigenvalue weighted by Gasteiger charge is -2.07. The second-order valence-corrected chi connectivity index (χ2v) is 4.31. The number of carbonyl (C=O) groups excluding carboxylic acids is 1. The van der Waals surface area contributed by atoms with Crippen LogP contribution in [0.2, 0.25) is 0 Å². The second-order valence-electron chi connectivity index (χ2n) is 2.60. The molecule has 0 unspecified atom stereocenters. The van der Waals surface area contributed by atoms with Gasteiger partial charge in [0, 0.05) is 0 Å². The fourth-order valence-corrected chi connectivity index (χ4v) is 1.97. The van der Waals surface area contributed by atoms with E-state index < -0.39 is 5.97 Å². The number of phenolic OH excluding ortho intramolecular Hbond substituents is 1. The van der Waals surface area contributed by atoms with E-state index in [0.717, 1.165) is 0 Å². The Hall–Kier alpha value is -0.750. The Kier molecular flexibility index (Phi) is 4.41. The van der Waals surface area contributed by atoms with Crippen molar-refractivity contribution in [1.82, 2.24) is 0 Å². The third-order valence-corrected chi connectivity index (χ3v) is 2.78. The molecule has 1 aromatic rings. The van der Waals surface area contributed by atoms with Crippen LogP contribution in [0.4, 0.5) is 0 Å². The van der Waals surface area contributed by atoms with Crippen molar-refractivity contribution in [2.75, 3.05) is 13.7 Å². The molecule has 0 saturated heterocycles. The summed E-state index contributed by atoms with van der Waals surface area (Å²) in [6.45, 7) is -0.167. The minimum atomic E-state index is -0.463. The van der Waals surface area contributed by atoms with Gasteiger partial charge >= 0.3 is 5.97 Å². The summed E-state index contributed by atoms with van der Waals surface area (Å²) in [5, 5.41) is 9.41. The Labute approximate surface area is 103 Å². The van der Waals surface area contributed by atoms with Crippen LogP contribution in [-0.2, 0) is 9.53 Å². The number of ether oxygens (including phenoxy) is 2. The molecule has 1 rings (SSSR count). The van der Waals surface area contributed by atoms with Crippen molar-refractivity contribution in [3.63, 3.8) is 0 Å². The lowest BCUT2D eigenvalue weighted by molar-refractivity contribution is -0.142. The van der Waals surface area contributed by atoms with E-state index in [1.54, 1.807) is 12.1 Å². The minimum Gasteiger partial charge on any atom is -0.506 e. The van der Waals surface area contributed by atoms with E-state index in [-0.39, 0.29) is 12.4 Å². The first-order chi connectivity index (χ1) is 7.04. The van der Waals surface area contributed by atoms with Crippen molar-refractivity contribution in [2.24, 2.45) is 0 Å². The van der Waals surface area contributed by atoms with Gasteiger partial charge in [0.15, 0.2) is 6.61 Å². The molecule has 0 bridgehead atoms. The Bertz CT molecular complexity index is 355. The van der Waals surface area contributed by atoms with Crippen molar-refractivity contribution >= 4 is 37.8 Å². The number of esters is 1. The zero-order valence-corrected chi connectivity index (χ0v) is 11.0. The first-order valence-corrected chi connectivity index (χ1v) is 5.51. The van der Waals surface area contributed by atoms with Gasteiger partial charge in [0.2, 0.25) is 0 Å². The predicted octanol–water partition coefficient (Wildman–Crippen LogP) is 2.47. The predicted molar refractivity (Wildman–Crippen MR) is 61.0 cm³/mol. The quantitative estimate of drug-likeness (QED) is 0.859. The Morgan fingerprint density at radius 1 is 1.40 bits per heavy atom. The SMILES string of the molecule is COC(=O)COc1cc(Br)c(O)c(Br)c1. The molecule has 0 spiro atoms. The fourth-order valence-electron chi connectivity index (χ4n) is 0.827. The molecule has 0 saturated carbocycles. The molecule has 0 aliphatic heterocycles. The lowest BCUT2D eigenvalue weighted by Crippen LogP contribution is -2.12. The van der Waals surface area contributed by atoms with Crippen molar-refractivity contribution in [1.29, 1.82) is 0 Å². The molecule has 0 amide bonds. The van der Waals surface area contributed by atoms with E-state index in [0.29, 0.717) is 14.7 Å². The fraction of sp³-hybridized carbons (Fsp3) is 0.222. The second kappa shape index (κ2) is 5.37. The highest BCUT2D eigenvalue weighted by Crippen LogP contribution is 2.35. The number of halogens is 2. The maximum absolute atomic E-state index is 10.8. The monoisotopic (exact) mass is 338 g/mol. The van der Waals surface area contributed by atoms with Crippen molar-refractivity contribution < 1.29 is 19.4 Å². The number of carbonyl (C=O) groups is 1. The molecule has 15 heavy (non-hydrogen) atoms. The van der Waals surface area contributed by atoms with E-state index in [2.05, 4.69) is 36.6 Å². The molecule has 0 aliphatic carbocycles. The van der Waals surface area contributed by atoms with Gasteiger partial charge in [-0.2, -0.15) is 0 Å². The summed E-state index contributed by atoms with van der Waals surface area (Å²) in [5.74, 6) is 0.0766. The maximum Gasteiger partial charge on any atom is 0.343 e. The topological polar surface area (TPSA) is 55.8 Å². The number of hydrogen-bond acceptors (Lipinski definition) is 4. The van der Waals surface area contributed by atoms with E-state index in [1.807, 2.05) is 0 Å². The molecule has 6 heteroatoms. The van der Waals surface area contributed by atoms with E-state index >= 15 is 0 Å². The molecule has 0 atom stereocenters. The van der Waals surface area contributed by atoms with Crippen LogP contribution < -0.4 is 4.74 Å². The van der Waals surface area contributed by atoms with Gasteiger partial charge in [-0.25, -0.2) is 4.79 Å². The number of aromatic hydroxyl groups is 1. The molecule has 0 heterocycles. The lowest BCUT2D eigenvalue weighted by atomic mass is 10.3. The van der Waals surface area contributed by atoms with Gasteiger partial charge in [0.1, 0.15) is 11.5 Å². The summed E-state index contributed by atoms with van der Waals surface area (Å²) in [4.78, 5) is 10.8. The van der Waals surface area contributed by atoms with Crippen LogP contribution in [0.25, 0.3) is 0 Å². The number of methoxy groups -OCH3 is 1. The molecular weight excluding hydrogens is 332 g/mol. The van der Waals surface area contributed by atoms with Crippen LogP contribution in [-0.4, -0.2) is 24.8 Å². The molecule has 1 N–H and O–H groups in total. The van der Waals surface area contributed by atoms with Gasteiger partial charge in [0.05, 0.1) is 16.1 Å². The molecule has 0 aromatic heterocycles. The normalized spacial score (nSPS) is 9.80. The van der Waals surface area contributed by atoms with Crippen molar-refractivity contribution in [3.05, 3.63) is 21.1 Å². The van der Waals surface area contributed by atoms with Crippen LogP contribution >= 0.6 is 31.9 Å². The third-order valence-electron chi connectivity index (χ3n) is 1.57. The molecule has 4 nitrogen and oxygen atoms in total. The highest BCUT2D eigenvalue weighted by atomic mass is 79.9. The first kappa shape index (κ1) is 12.3. The summed E-state index contributed by atoms with van der Waals surface area (Å²) in [7, 11) is 1.29. The number of hydrogen-bond donors (Lipinski definition) is 1. The average Bonchev–Trinajstić information content (AvgIpc) is 2.22. The molecule has 82 valence electrons. The van der Waals surface area contributed by atoms with Gasteiger partial charge in [-0.3, -0.25) is 0 Å². The van der Waals surface area contributed by atoms with Crippen LogP contribution in [0, 0.1) is 0 Å². The number of phenols is 1. The summed E-state index contributed by atoms with van der Waals surface area (Å²) in [6, 6.07) is 3.12. The maximum atomic E-state index is 10.8. The summed E-state index contributed by atoms with van der Waals surface area (Å²) >= 11 is 6.29. The van der Waals surface area contributed by atoms with Crippen LogP contribution in [0.1, 0.15) is 0 Å².